The maximum atomic E-state index is 5.65. The molecule has 2 rings (SSSR count). The molecular weight excluding hydrogens is 166 g/mol. The van der Waals surface area contributed by atoms with Crippen LogP contribution in [0.4, 0.5) is 5.69 Å². The highest BCUT2D eigenvalue weighted by atomic mass is 16.5. The van der Waals surface area contributed by atoms with E-state index in [1.165, 1.54) is 0 Å². The monoisotopic (exact) mass is 177 g/mol. The first-order valence-corrected chi connectivity index (χ1v) is 4.16. The molecule has 0 radical (unpaired) electrons. The Morgan fingerprint density at radius 1 is 1.62 bits per heavy atom. The summed E-state index contributed by atoms with van der Waals surface area (Å²) >= 11 is 0. The van der Waals surface area contributed by atoms with Gasteiger partial charge in [-0.1, -0.05) is 0 Å². The van der Waals surface area contributed by atoms with E-state index in [4.69, 9.17) is 10.5 Å². The standard InChI is InChI=1S/C9H11N3O/c1-2-13-9-8-5-7(10)6-12(8)4-3-11-9/h3-6H,2,10H2,1H3. The molecule has 68 valence electrons. The highest BCUT2D eigenvalue weighted by Gasteiger charge is 2.03. The van der Waals surface area contributed by atoms with Crippen LogP contribution in [0.2, 0.25) is 0 Å². The molecule has 0 spiro atoms. The van der Waals surface area contributed by atoms with E-state index in [2.05, 4.69) is 4.98 Å². The summed E-state index contributed by atoms with van der Waals surface area (Å²) in [5.41, 5.74) is 7.27. The third-order valence-electron chi connectivity index (χ3n) is 1.79. The molecule has 0 aliphatic heterocycles. The summed E-state index contributed by atoms with van der Waals surface area (Å²) in [5.74, 6) is 0.627. The van der Waals surface area contributed by atoms with E-state index in [0.717, 1.165) is 5.52 Å². The predicted octanol–water partition coefficient (Wildman–Crippen LogP) is 1.32. The normalized spacial score (nSPS) is 10.5. The number of nitrogens with zero attached hydrogens (tertiary/aromatic N) is 2. The molecular formula is C9H11N3O. The van der Waals surface area contributed by atoms with Crippen molar-refractivity contribution in [2.45, 2.75) is 6.92 Å². The topological polar surface area (TPSA) is 52.5 Å². The van der Waals surface area contributed by atoms with Gasteiger partial charge in [0.15, 0.2) is 0 Å². The largest absolute Gasteiger partial charge is 0.476 e. The maximum Gasteiger partial charge on any atom is 0.238 e. The number of nitrogens with two attached hydrogens (primary N) is 1. The number of aromatic nitrogens is 2. The quantitative estimate of drug-likeness (QED) is 0.752. The van der Waals surface area contributed by atoms with E-state index in [1.54, 1.807) is 6.20 Å². The van der Waals surface area contributed by atoms with Crippen molar-refractivity contribution in [3.05, 3.63) is 24.7 Å². The number of hydrogen-bond donors (Lipinski definition) is 1. The Morgan fingerprint density at radius 2 is 2.46 bits per heavy atom. The number of anilines is 1. The molecule has 2 N–H and O–H groups in total. The van der Waals surface area contributed by atoms with Crippen LogP contribution >= 0.6 is 0 Å². The average molecular weight is 177 g/mol. The Bertz CT molecular complexity index is 422. The van der Waals surface area contributed by atoms with Crippen LogP contribution in [0, 0.1) is 0 Å². The average Bonchev–Trinajstić information content (AvgIpc) is 2.47. The molecule has 0 aliphatic rings. The zero-order valence-corrected chi connectivity index (χ0v) is 7.40. The van der Waals surface area contributed by atoms with Crippen molar-refractivity contribution in [1.29, 1.82) is 0 Å². The highest BCUT2D eigenvalue weighted by Crippen LogP contribution is 2.19. The van der Waals surface area contributed by atoms with Gasteiger partial charge in [-0.2, -0.15) is 0 Å². The molecule has 2 aromatic heterocycles. The summed E-state index contributed by atoms with van der Waals surface area (Å²) in [4.78, 5) is 4.11. The minimum atomic E-state index is 0.609. The molecule has 0 saturated carbocycles. The summed E-state index contributed by atoms with van der Waals surface area (Å²) in [6.45, 7) is 2.54. The fraction of sp³-hybridized carbons (Fsp3) is 0.222. The summed E-state index contributed by atoms with van der Waals surface area (Å²) in [5, 5.41) is 0. The fourth-order valence-corrected chi connectivity index (χ4v) is 1.28. The second-order valence-electron chi connectivity index (χ2n) is 2.73. The van der Waals surface area contributed by atoms with Crippen molar-refractivity contribution in [2.24, 2.45) is 0 Å². The summed E-state index contributed by atoms with van der Waals surface area (Å²) in [6.07, 6.45) is 5.37. The number of fused-ring (bicyclic) bond motifs is 1. The Kier molecular flexibility index (Phi) is 1.81. The van der Waals surface area contributed by atoms with Crippen LogP contribution in [0.15, 0.2) is 24.7 Å². The molecule has 0 aliphatic carbocycles. The second kappa shape index (κ2) is 2.97. The highest BCUT2D eigenvalue weighted by molar-refractivity contribution is 5.64. The number of ether oxygens (including phenoxy) is 1. The van der Waals surface area contributed by atoms with Gasteiger partial charge < -0.3 is 14.9 Å². The second-order valence-corrected chi connectivity index (χ2v) is 2.73. The van der Waals surface area contributed by atoms with E-state index < -0.39 is 0 Å². The Balaban J connectivity index is 2.60. The first-order chi connectivity index (χ1) is 6.31. The SMILES string of the molecule is CCOc1nccn2cc(N)cc12. The lowest BCUT2D eigenvalue weighted by molar-refractivity contribution is 0.329. The van der Waals surface area contributed by atoms with Crippen LogP contribution < -0.4 is 10.5 Å². The molecule has 2 heterocycles. The van der Waals surface area contributed by atoms with Gasteiger partial charge in [0, 0.05) is 18.6 Å². The van der Waals surface area contributed by atoms with Crippen LogP contribution in [-0.2, 0) is 0 Å². The number of nitrogen functional groups attached to an aromatic ring is 1. The zero-order chi connectivity index (χ0) is 9.26. The Labute approximate surface area is 76.0 Å². The zero-order valence-electron chi connectivity index (χ0n) is 7.40. The van der Waals surface area contributed by atoms with Gasteiger partial charge in [-0.05, 0) is 13.0 Å². The van der Waals surface area contributed by atoms with Crippen LogP contribution in [0.3, 0.4) is 0 Å². The number of rotatable bonds is 2. The fourth-order valence-electron chi connectivity index (χ4n) is 1.28. The lowest BCUT2D eigenvalue weighted by atomic mass is 10.5. The molecule has 0 amide bonds. The van der Waals surface area contributed by atoms with E-state index in [0.29, 0.717) is 18.2 Å². The van der Waals surface area contributed by atoms with Crippen LogP contribution in [0.25, 0.3) is 5.52 Å². The van der Waals surface area contributed by atoms with Gasteiger partial charge in [-0.3, -0.25) is 0 Å². The van der Waals surface area contributed by atoms with Crippen LogP contribution in [0.5, 0.6) is 5.88 Å². The van der Waals surface area contributed by atoms with Gasteiger partial charge in [0.05, 0.1) is 12.3 Å². The summed E-state index contributed by atoms with van der Waals surface area (Å²) < 4.78 is 7.24. The molecule has 0 unspecified atom stereocenters. The summed E-state index contributed by atoms with van der Waals surface area (Å²) in [6, 6.07) is 1.85. The van der Waals surface area contributed by atoms with Crippen molar-refractivity contribution < 1.29 is 4.74 Å². The van der Waals surface area contributed by atoms with Gasteiger partial charge in [0.2, 0.25) is 5.88 Å². The summed E-state index contributed by atoms with van der Waals surface area (Å²) in [7, 11) is 0. The number of hydrogen-bond acceptors (Lipinski definition) is 3. The van der Waals surface area contributed by atoms with Crippen molar-refractivity contribution in [3.8, 4) is 5.88 Å². The van der Waals surface area contributed by atoms with Gasteiger partial charge in [0.25, 0.3) is 0 Å². The molecule has 2 aromatic rings. The lowest BCUT2D eigenvalue weighted by Crippen LogP contribution is -1.96. The van der Waals surface area contributed by atoms with Crippen molar-refractivity contribution in [1.82, 2.24) is 9.38 Å². The molecule has 4 nitrogen and oxygen atoms in total. The minimum Gasteiger partial charge on any atom is -0.476 e. The smallest absolute Gasteiger partial charge is 0.238 e. The van der Waals surface area contributed by atoms with Crippen LogP contribution in [0.1, 0.15) is 6.92 Å². The predicted molar refractivity (Wildman–Crippen MR) is 50.8 cm³/mol. The molecule has 13 heavy (non-hydrogen) atoms. The van der Waals surface area contributed by atoms with Gasteiger partial charge in [-0.25, -0.2) is 4.98 Å². The molecule has 0 aromatic carbocycles. The first kappa shape index (κ1) is 7.91. The maximum absolute atomic E-state index is 5.65. The van der Waals surface area contributed by atoms with E-state index in [1.807, 2.05) is 29.8 Å². The van der Waals surface area contributed by atoms with Gasteiger partial charge in [-0.15, -0.1) is 0 Å². The third-order valence-corrected chi connectivity index (χ3v) is 1.79. The van der Waals surface area contributed by atoms with Crippen molar-refractivity contribution >= 4 is 11.2 Å². The van der Waals surface area contributed by atoms with E-state index >= 15 is 0 Å². The Hall–Kier alpha value is -1.71. The lowest BCUT2D eigenvalue weighted by Gasteiger charge is -2.02. The molecule has 0 fully saturated rings. The molecule has 0 bridgehead atoms. The van der Waals surface area contributed by atoms with Crippen LogP contribution in [-0.4, -0.2) is 16.0 Å². The van der Waals surface area contributed by atoms with Gasteiger partial charge in [0.1, 0.15) is 5.52 Å². The Morgan fingerprint density at radius 3 is 3.23 bits per heavy atom. The minimum absolute atomic E-state index is 0.609. The molecule has 0 atom stereocenters. The van der Waals surface area contributed by atoms with Gasteiger partial charge >= 0.3 is 0 Å². The van der Waals surface area contributed by atoms with E-state index in [9.17, 15) is 0 Å². The third kappa shape index (κ3) is 1.30. The molecule has 4 heteroatoms. The van der Waals surface area contributed by atoms with Crippen molar-refractivity contribution in [3.63, 3.8) is 0 Å². The first-order valence-electron chi connectivity index (χ1n) is 4.16. The van der Waals surface area contributed by atoms with Crippen molar-refractivity contribution in [2.75, 3.05) is 12.3 Å². The molecule has 0 saturated heterocycles. The van der Waals surface area contributed by atoms with E-state index in [-0.39, 0.29) is 0 Å².